The summed E-state index contributed by atoms with van der Waals surface area (Å²) in [4.78, 5) is 0. The lowest BCUT2D eigenvalue weighted by Crippen LogP contribution is -2.31. The zero-order chi connectivity index (χ0) is 13.5. The first-order chi connectivity index (χ1) is 9.06. The third-order valence-corrected chi connectivity index (χ3v) is 4.01. The summed E-state index contributed by atoms with van der Waals surface area (Å²) in [7, 11) is 0. The van der Waals surface area contributed by atoms with E-state index in [0.29, 0.717) is 6.04 Å². The van der Waals surface area contributed by atoms with Crippen LogP contribution in [0.15, 0.2) is 48.5 Å². The maximum Gasteiger partial charge on any atom is 0.0523 e. The van der Waals surface area contributed by atoms with Crippen molar-refractivity contribution in [2.45, 2.75) is 31.7 Å². The molecule has 0 aromatic heterocycles. The van der Waals surface area contributed by atoms with Crippen LogP contribution in [-0.2, 0) is 5.41 Å². The van der Waals surface area contributed by atoms with Crippen LogP contribution in [0.4, 0.5) is 11.4 Å². The first-order valence-corrected chi connectivity index (χ1v) is 6.78. The number of nitrogens with one attached hydrogen (secondary N) is 1. The molecule has 0 fully saturated rings. The molecule has 3 rings (SSSR count). The van der Waals surface area contributed by atoms with Crippen molar-refractivity contribution in [3.05, 3.63) is 59.7 Å². The summed E-state index contributed by atoms with van der Waals surface area (Å²) < 4.78 is 0. The van der Waals surface area contributed by atoms with Gasteiger partial charge in [-0.2, -0.15) is 0 Å². The van der Waals surface area contributed by atoms with Crippen LogP contribution in [0.5, 0.6) is 0 Å². The van der Waals surface area contributed by atoms with Crippen LogP contribution in [0.3, 0.4) is 0 Å². The normalized spacial score (nSPS) is 20.4. The summed E-state index contributed by atoms with van der Waals surface area (Å²) in [5.41, 5.74) is 10.8. The third kappa shape index (κ3) is 2.19. The molecule has 2 aromatic carbocycles. The Morgan fingerprint density at radius 1 is 1.11 bits per heavy atom. The van der Waals surface area contributed by atoms with E-state index in [-0.39, 0.29) is 5.41 Å². The number of rotatable bonds is 1. The van der Waals surface area contributed by atoms with Crippen LogP contribution in [-0.4, -0.2) is 0 Å². The Bertz CT molecular complexity index is 602. The maximum absolute atomic E-state index is 5.90. The Hall–Kier alpha value is -1.96. The van der Waals surface area contributed by atoms with Gasteiger partial charge in [-0.1, -0.05) is 44.2 Å². The molecule has 1 atom stereocenters. The zero-order valence-corrected chi connectivity index (χ0v) is 11.5. The standard InChI is InChI=1S/C17H20N2/c1-17(2)11-16(12-6-5-7-13(18)10-12)19-15-9-4-3-8-14(15)17/h3-10,16,19H,11,18H2,1-2H3. The Kier molecular flexibility index (Phi) is 2.74. The van der Waals surface area contributed by atoms with Crippen molar-refractivity contribution in [3.63, 3.8) is 0 Å². The molecular formula is C17H20N2. The maximum atomic E-state index is 5.90. The Morgan fingerprint density at radius 2 is 1.89 bits per heavy atom. The van der Waals surface area contributed by atoms with Gasteiger partial charge in [0.05, 0.1) is 6.04 Å². The molecule has 98 valence electrons. The predicted octanol–water partition coefficient (Wildman–Crippen LogP) is 4.10. The molecule has 3 N–H and O–H groups in total. The Morgan fingerprint density at radius 3 is 2.68 bits per heavy atom. The van der Waals surface area contributed by atoms with Gasteiger partial charge in [0.1, 0.15) is 0 Å². The van der Waals surface area contributed by atoms with Gasteiger partial charge in [-0.15, -0.1) is 0 Å². The van der Waals surface area contributed by atoms with Crippen LogP contribution < -0.4 is 11.1 Å². The van der Waals surface area contributed by atoms with Gasteiger partial charge in [0.15, 0.2) is 0 Å². The lowest BCUT2D eigenvalue weighted by atomic mass is 9.74. The van der Waals surface area contributed by atoms with Gasteiger partial charge in [-0.05, 0) is 41.2 Å². The highest BCUT2D eigenvalue weighted by Crippen LogP contribution is 2.43. The monoisotopic (exact) mass is 252 g/mol. The van der Waals surface area contributed by atoms with E-state index in [0.717, 1.165) is 12.1 Å². The average molecular weight is 252 g/mol. The summed E-state index contributed by atoms with van der Waals surface area (Å²) in [6, 6.07) is 17.1. The lowest BCUT2D eigenvalue weighted by molar-refractivity contribution is 0.427. The van der Waals surface area contributed by atoms with Gasteiger partial charge in [-0.3, -0.25) is 0 Å². The number of anilines is 2. The summed E-state index contributed by atoms with van der Waals surface area (Å²) in [5.74, 6) is 0. The topological polar surface area (TPSA) is 38.0 Å². The van der Waals surface area contributed by atoms with Gasteiger partial charge in [0.25, 0.3) is 0 Å². The second-order valence-electron chi connectivity index (χ2n) is 6.00. The van der Waals surface area contributed by atoms with Gasteiger partial charge >= 0.3 is 0 Å². The van der Waals surface area contributed by atoms with Crippen molar-refractivity contribution in [1.29, 1.82) is 0 Å². The molecule has 2 nitrogen and oxygen atoms in total. The first kappa shape index (κ1) is 12.1. The van der Waals surface area contributed by atoms with Crippen molar-refractivity contribution in [2.75, 3.05) is 11.1 Å². The van der Waals surface area contributed by atoms with Crippen molar-refractivity contribution in [3.8, 4) is 0 Å². The Balaban J connectivity index is 2.01. The molecule has 0 bridgehead atoms. The summed E-state index contributed by atoms with van der Waals surface area (Å²) in [6.45, 7) is 4.62. The molecule has 0 amide bonds. The highest BCUT2D eigenvalue weighted by Gasteiger charge is 2.32. The van der Waals surface area contributed by atoms with Crippen LogP contribution in [0.1, 0.15) is 37.4 Å². The zero-order valence-electron chi connectivity index (χ0n) is 11.5. The quantitative estimate of drug-likeness (QED) is 0.750. The van der Waals surface area contributed by atoms with Crippen LogP contribution in [0, 0.1) is 0 Å². The van der Waals surface area contributed by atoms with Crippen molar-refractivity contribution in [1.82, 2.24) is 0 Å². The van der Waals surface area contributed by atoms with Gasteiger partial charge in [0, 0.05) is 11.4 Å². The average Bonchev–Trinajstić information content (AvgIpc) is 2.38. The molecule has 0 saturated carbocycles. The fourth-order valence-electron chi connectivity index (χ4n) is 3.04. The van der Waals surface area contributed by atoms with Crippen molar-refractivity contribution >= 4 is 11.4 Å². The molecule has 0 saturated heterocycles. The van der Waals surface area contributed by atoms with Gasteiger partial charge < -0.3 is 11.1 Å². The van der Waals surface area contributed by atoms with E-state index >= 15 is 0 Å². The van der Waals surface area contributed by atoms with Crippen LogP contribution in [0.25, 0.3) is 0 Å². The smallest absolute Gasteiger partial charge is 0.0523 e. The Labute approximate surface area is 114 Å². The van der Waals surface area contributed by atoms with E-state index in [1.54, 1.807) is 0 Å². The van der Waals surface area contributed by atoms with E-state index in [1.807, 2.05) is 12.1 Å². The molecule has 1 unspecified atom stereocenters. The van der Waals surface area contributed by atoms with Crippen LogP contribution >= 0.6 is 0 Å². The van der Waals surface area contributed by atoms with E-state index in [4.69, 9.17) is 5.73 Å². The molecule has 0 radical (unpaired) electrons. The third-order valence-electron chi connectivity index (χ3n) is 4.01. The number of nitrogens with two attached hydrogens (primary N) is 1. The lowest BCUT2D eigenvalue weighted by Gasteiger charge is -2.39. The summed E-state index contributed by atoms with van der Waals surface area (Å²) in [5, 5.41) is 3.64. The molecule has 1 aliphatic rings. The van der Waals surface area contributed by atoms with Gasteiger partial charge in [0.2, 0.25) is 0 Å². The van der Waals surface area contributed by atoms with Crippen molar-refractivity contribution < 1.29 is 0 Å². The predicted molar refractivity (Wildman–Crippen MR) is 81.3 cm³/mol. The first-order valence-electron chi connectivity index (χ1n) is 6.78. The fraction of sp³-hybridized carbons (Fsp3) is 0.294. The molecule has 1 aliphatic heterocycles. The van der Waals surface area contributed by atoms with Gasteiger partial charge in [-0.25, -0.2) is 0 Å². The van der Waals surface area contributed by atoms with E-state index in [2.05, 4.69) is 55.6 Å². The summed E-state index contributed by atoms with van der Waals surface area (Å²) in [6.07, 6.45) is 1.08. The van der Waals surface area contributed by atoms with E-state index in [9.17, 15) is 0 Å². The summed E-state index contributed by atoms with van der Waals surface area (Å²) >= 11 is 0. The largest absolute Gasteiger partial charge is 0.399 e. The number of para-hydroxylation sites is 1. The minimum absolute atomic E-state index is 0.178. The SMILES string of the molecule is CC1(C)CC(c2cccc(N)c2)Nc2ccccc21. The minimum atomic E-state index is 0.178. The molecule has 0 aliphatic carbocycles. The number of benzene rings is 2. The fourth-order valence-corrected chi connectivity index (χ4v) is 3.04. The molecule has 2 aromatic rings. The number of hydrogen-bond donors (Lipinski definition) is 2. The van der Waals surface area contributed by atoms with Crippen molar-refractivity contribution in [2.24, 2.45) is 0 Å². The molecule has 19 heavy (non-hydrogen) atoms. The molecule has 1 heterocycles. The van der Waals surface area contributed by atoms with E-state index in [1.165, 1.54) is 16.8 Å². The second kappa shape index (κ2) is 4.30. The number of fused-ring (bicyclic) bond motifs is 1. The minimum Gasteiger partial charge on any atom is -0.399 e. The van der Waals surface area contributed by atoms with E-state index < -0.39 is 0 Å². The molecular weight excluding hydrogens is 232 g/mol. The number of hydrogen-bond acceptors (Lipinski definition) is 2. The second-order valence-corrected chi connectivity index (χ2v) is 6.00. The molecule has 0 spiro atoms. The highest BCUT2D eigenvalue weighted by molar-refractivity contribution is 5.59. The number of nitrogen functional groups attached to an aromatic ring is 1. The van der Waals surface area contributed by atoms with Crippen LogP contribution in [0.2, 0.25) is 0 Å². The molecule has 2 heteroatoms. The highest BCUT2D eigenvalue weighted by atomic mass is 14.9.